The Morgan fingerprint density at radius 2 is 1.95 bits per heavy atom. The molecule has 114 valence electrons. The number of nitrogens with one attached hydrogen (secondary N) is 1. The Morgan fingerprint density at radius 1 is 1.24 bits per heavy atom. The number of aromatic nitrogens is 2. The molecule has 0 aliphatic carbocycles. The van der Waals surface area contributed by atoms with E-state index >= 15 is 0 Å². The molecule has 1 N–H and O–H groups in total. The molecule has 0 bridgehead atoms. The summed E-state index contributed by atoms with van der Waals surface area (Å²) in [6.07, 6.45) is -3.72. The van der Waals surface area contributed by atoms with E-state index in [1.165, 1.54) is 0 Å². The molecule has 0 saturated heterocycles. The Kier molecular flexibility index (Phi) is 4.94. The standard InChI is InChI=1S/C12H10BrF4N3O/c13-8-4-2-1-3-7(8)10-20-19-9(21-10)5-18-6-12(16,17)11(14)15/h1-4,11,18H,5-6H2. The van der Waals surface area contributed by atoms with Crippen molar-refractivity contribution in [1.82, 2.24) is 15.5 Å². The number of hydrogen-bond donors (Lipinski definition) is 1. The highest BCUT2D eigenvalue weighted by molar-refractivity contribution is 9.10. The lowest BCUT2D eigenvalue weighted by atomic mass is 10.2. The second kappa shape index (κ2) is 6.52. The van der Waals surface area contributed by atoms with Crippen molar-refractivity contribution in [2.45, 2.75) is 18.9 Å². The average Bonchev–Trinajstić information content (AvgIpc) is 2.87. The molecular formula is C12H10BrF4N3O. The third kappa shape index (κ3) is 4.01. The summed E-state index contributed by atoms with van der Waals surface area (Å²) < 4.78 is 55.3. The van der Waals surface area contributed by atoms with E-state index in [0.717, 1.165) is 4.47 Å². The first-order valence-electron chi connectivity index (χ1n) is 5.84. The van der Waals surface area contributed by atoms with E-state index < -0.39 is 18.9 Å². The smallest absolute Gasteiger partial charge is 0.319 e. The molecule has 0 spiro atoms. The Balaban J connectivity index is 1.97. The van der Waals surface area contributed by atoms with Crippen molar-refractivity contribution in [3.8, 4) is 11.5 Å². The summed E-state index contributed by atoms with van der Waals surface area (Å²) in [6.45, 7) is -1.39. The topological polar surface area (TPSA) is 51.0 Å². The van der Waals surface area contributed by atoms with Gasteiger partial charge < -0.3 is 9.73 Å². The Morgan fingerprint density at radius 3 is 2.62 bits per heavy atom. The molecule has 2 aromatic rings. The quantitative estimate of drug-likeness (QED) is 0.794. The molecule has 21 heavy (non-hydrogen) atoms. The Bertz CT molecular complexity index is 606. The van der Waals surface area contributed by atoms with Crippen LogP contribution in [0.2, 0.25) is 0 Å². The van der Waals surface area contributed by atoms with Crippen molar-refractivity contribution in [1.29, 1.82) is 0 Å². The third-order valence-corrected chi connectivity index (χ3v) is 3.22. The minimum atomic E-state index is -4.09. The monoisotopic (exact) mass is 367 g/mol. The van der Waals surface area contributed by atoms with E-state index in [-0.39, 0.29) is 18.3 Å². The molecule has 0 saturated carbocycles. The normalized spacial score (nSPS) is 12.1. The van der Waals surface area contributed by atoms with Gasteiger partial charge in [-0.1, -0.05) is 12.1 Å². The van der Waals surface area contributed by atoms with Crippen LogP contribution >= 0.6 is 15.9 Å². The Labute approximate surface area is 125 Å². The minimum Gasteiger partial charge on any atom is -0.419 e. The van der Waals surface area contributed by atoms with Gasteiger partial charge in [-0.3, -0.25) is 0 Å². The van der Waals surface area contributed by atoms with Gasteiger partial charge in [0.1, 0.15) is 0 Å². The molecule has 2 rings (SSSR count). The number of benzene rings is 1. The number of alkyl halides is 4. The van der Waals surface area contributed by atoms with Crippen LogP contribution in [0.4, 0.5) is 17.6 Å². The van der Waals surface area contributed by atoms with Crippen LogP contribution in [0.25, 0.3) is 11.5 Å². The van der Waals surface area contributed by atoms with Crippen LogP contribution in [-0.2, 0) is 6.54 Å². The number of nitrogens with zero attached hydrogens (tertiary/aromatic N) is 2. The fourth-order valence-electron chi connectivity index (χ4n) is 1.48. The molecule has 1 aromatic heterocycles. The summed E-state index contributed by atoms with van der Waals surface area (Å²) in [4.78, 5) is 0. The Hall–Kier alpha value is -1.48. The molecule has 0 aliphatic rings. The van der Waals surface area contributed by atoms with Crippen LogP contribution in [0.15, 0.2) is 33.2 Å². The molecule has 0 amide bonds. The van der Waals surface area contributed by atoms with Gasteiger partial charge in [-0.2, -0.15) is 8.78 Å². The van der Waals surface area contributed by atoms with Crippen molar-refractivity contribution >= 4 is 15.9 Å². The van der Waals surface area contributed by atoms with Crippen molar-refractivity contribution in [3.63, 3.8) is 0 Å². The average molecular weight is 368 g/mol. The molecule has 0 unspecified atom stereocenters. The minimum absolute atomic E-state index is 0.0332. The predicted octanol–water partition coefficient (Wildman–Crippen LogP) is 3.49. The van der Waals surface area contributed by atoms with Gasteiger partial charge in [0.25, 0.3) is 0 Å². The summed E-state index contributed by atoms with van der Waals surface area (Å²) in [5.74, 6) is -3.85. The van der Waals surface area contributed by atoms with Gasteiger partial charge in [0.05, 0.1) is 18.7 Å². The van der Waals surface area contributed by atoms with E-state index in [1.54, 1.807) is 24.3 Å². The van der Waals surface area contributed by atoms with Gasteiger partial charge >= 0.3 is 12.3 Å². The molecule has 0 aliphatic heterocycles. The largest absolute Gasteiger partial charge is 0.419 e. The maximum Gasteiger partial charge on any atom is 0.319 e. The lowest BCUT2D eigenvalue weighted by Crippen LogP contribution is -2.38. The summed E-state index contributed by atoms with van der Waals surface area (Å²) in [6, 6.07) is 7.09. The highest BCUT2D eigenvalue weighted by atomic mass is 79.9. The van der Waals surface area contributed by atoms with E-state index in [2.05, 4.69) is 31.4 Å². The lowest BCUT2D eigenvalue weighted by Gasteiger charge is -2.14. The van der Waals surface area contributed by atoms with Gasteiger partial charge in [0, 0.05) is 4.47 Å². The van der Waals surface area contributed by atoms with Gasteiger partial charge in [0.15, 0.2) is 0 Å². The third-order valence-electron chi connectivity index (χ3n) is 2.53. The van der Waals surface area contributed by atoms with Gasteiger partial charge in [-0.15, -0.1) is 10.2 Å². The number of hydrogen-bond acceptors (Lipinski definition) is 4. The van der Waals surface area contributed by atoms with Crippen LogP contribution in [0.3, 0.4) is 0 Å². The zero-order chi connectivity index (χ0) is 15.5. The highest BCUT2D eigenvalue weighted by Gasteiger charge is 2.40. The van der Waals surface area contributed by atoms with Crippen molar-refractivity contribution in [2.24, 2.45) is 0 Å². The molecule has 1 aromatic carbocycles. The van der Waals surface area contributed by atoms with E-state index in [9.17, 15) is 17.6 Å². The molecule has 9 heteroatoms. The summed E-state index contributed by atoms with van der Waals surface area (Å²) in [5.41, 5.74) is 0.647. The SMILES string of the molecule is FC(F)C(F)(F)CNCc1nnc(-c2ccccc2Br)o1. The summed E-state index contributed by atoms with van der Waals surface area (Å²) >= 11 is 3.31. The van der Waals surface area contributed by atoms with Crippen LogP contribution in [-0.4, -0.2) is 29.1 Å². The van der Waals surface area contributed by atoms with Crippen molar-refractivity contribution in [3.05, 3.63) is 34.6 Å². The van der Waals surface area contributed by atoms with Gasteiger partial charge in [0.2, 0.25) is 11.8 Å². The molecular weight excluding hydrogens is 358 g/mol. The lowest BCUT2D eigenvalue weighted by molar-refractivity contribution is -0.125. The zero-order valence-electron chi connectivity index (χ0n) is 10.5. The van der Waals surface area contributed by atoms with Crippen LogP contribution < -0.4 is 5.32 Å². The van der Waals surface area contributed by atoms with Gasteiger partial charge in [-0.05, 0) is 28.1 Å². The fraction of sp³-hybridized carbons (Fsp3) is 0.333. The summed E-state index contributed by atoms with van der Waals surface area (Å²) in [5, 5.41) is 9.61. The number of rotatable bonds is 6. The number of halogens is 5. The first-order chi connectivity index (χ1) is 9.90. The van der Waals surface area contributed by atoms with Crippen LogP contribution in [0, 0.1) is 0 Å². The van der Waals surface area contributed by atoms with Crippen molar-refractivity contribution in [2.75, 3.05) is 6.54 Å². The first-order valence-corrected chi connectivity index (χ1v) is 6.63. The van der Waals surface area contributed by atoms with E-state index in [0.29, 0.717) is 5.56 Å². The maximum atomic E-state index is 12.7. The zero-order valence-corrected chi connectivity index (χ0v) is 12.1. The van der Waals surface area contributed by atoms with Crippen LogP contribution in [0.1, 0.15) is 5.89 Å². The first kappa shape index (κ1) is 15.9. The predicted molar refractivity (Wildman–Crippen MR) is 70.1 cm³/mol. The van der Waals surface area contributed by atoms with E-state index in [1.807, 2.05) is 0 Å². The van der Waals surface area contributed by atoms with Gasteiger partial charge in [-0.25, -0.2) is 8.78 Å². The summed E-state index contributed by atoms with van der Waals surface area (Å²) in [7, 11) is 0. The highest BCUT2D eigenvalue weighted by Crippen LogP contribution is 2.26. The van der Waals surface area contributed by atoms with E-state index in [4.69, 9.17) is 4.42 Å². The molecule has 0 atom stereocenters. The maximum absolute atomic E-state index is 12.7. The second-order valence-corrected chi connectivity index (χ2v) is 5.00. The van der Waals surface area contributed by atoms with Crippen LogP contribution in [0.5, 0.6) is 0 Å². The molecule has 4 nitrogen and oxygen atoms in total. The second-order valence-electron chi connectivity index (χ2n) is 4.15. The molecule has 0 fully saturated rings. The molecule has 1 heterocycles. The fourth-order valence-corrected chi connectivity index (χ4v) is 1.94. The molecule has 0 radical (unpaired) electrons. The van der Waals surface area contributed by atoms with Crippen molar-refractivity contribution < 1.29 is 22.0 Å².